The predicted molar refractivity (Wildman–Crippen MR) is 189 cm³/mol. The van der Waals surface area contributed by atoms with Gasteiger partial charge in [0.1, 0.15) is 23.0 Å². The minimum Gasteiger partial charge on any atom is -0.508 e. The smallest absolute Gasteiger partial charge is 0.337 e. The molecule has 1 saturated heterocycles. The minimum atomic E-state index is -0.663. The number of aromatic hydroxyl groups is 1. The Morgan fingerprint density at radius 1 is 0.902 bits per heavy atom. The van der Waals surface area contributed by atoms with Crippen LogP contribution in [0.2, 0.25) is 0 Å². The van der Waals surface area contributed by atoms with E-state index in [1.165, 1.54) is 21.4 Å². The lowest BCUT2D eigenvalue weighted by molar-refractivity contribution is 0.175. The van der Waals surface area contributed by atoms with E-state index in [1.807, 2.05) is 30.5 Å². The Hall–Kier alpha value is -5.20. The summed E-state index contributed by atoms with van der Waals surface area (Å²) >= 11 is 0. The molecule has 8 rings (SSSR count). The largest absolute Gasteiger partial charge is 0.508 e. The number of phenols is 1. The molecule has 1 atom stereocenters. The first-order valence-corrected chi connectivity index (χ1v) is 17.5. The van der Waals surface area contributed by atoms with Gasteiger partial charge in [-0.25, -0.2) is 28.1 Å². The van der Waals surface area contributed by atoms with E-state index in [0.717, 1.165) is 66.9 Å². The van der Waals surface area contributed by atoms with Crippen LogP contribution in [0, 0.1) is 17.6 Å². The molecule has 0 bridgehead atoms. The monoisotopic (exact) mass is 692 g/mol. The van der Waals surface area contributed by atoms with Gasteiger partial charge >= 0.3 is 5.69 Å². The van der Waals surface area contributed by atoms with Crippen molar-refractivity contribution in [3.63, 3.8) is 0 Å². The van der Waals surface area contributed by atoms with Crippen molar-refractivity contribution in [3.05, 3.63) is 123 Å². The van der Waals surface area contributed by atoms with Crippen LogP contribution >= 0.6 is 0 Å². The van der Waals surface area contributed by atoms with E-state index in [9.17, 15) is 28.6 Å². The quantitative estimate of drug-likeness (QED) is 0.208. The standard InChI is InChI=1S/C39H38F2N6O4/c40-27-7-13-36-43-29(22-45(36)21-27)8-4-24-5-9-30(10-6-24)47-38(50)35-18-28(41)19-42-37(35)46(39(47)51)31-3-1-2-25(16-31)34-12-11-32(48)17-26(34)20-44-15-14-33(49)23-44/h1-3,7,11-13,16-19,21-22,24,30,33,48-49H,4-6,8-10,14-15,20,23H2/t24?,30?,33-/m1/s1. The highest BCUT2D eigenvalue weighted by Gasteiger charge is 2.28. The third-order valence-corrected chi connectivity index (χ3v) is 10.5. The van der Waals surface area contributed by atoms with Crippen LogP contribution in [-0.4, -0.2) is 57.8 Å². The van der Waals surface area contributed by atoms with Gasteiger partial charge in [-0.1, -0.05) is 18.2 Å². The number of hydrogen-bond donors (Lipinski definition) is 2. The maximum Gasteiger partial charge on any atom is 0.337 e. The van der Waals surface area contributed by atoms with Crippen molar-refractivity contribution in [3.8, 4) is 22.6 Å². The number of pyridine rings is 2. The molecule has 0 spiro atoms. The van der Waals surface area contributed by atoms with E-state index in [0.29, 0.717) is 49.6 Å². The number of likely N-dealkylation sites (tertiary alicyclic amines) is 1. The second-order valence-corrected chi connectivity index (χ2v) is 13.9. The number of hydrogen-bond acceptors (Lipinski definition) is 7. The molecule has 2 N–H and O–H groups in total. The van der Waals surface area contributed by atoms with Gasteiger partial charge in [-0.05, 0) is 110 Å². The Bertz CT molecular complexity index is 2380. The van der Waals surface area contributed by atoms with Gasteiger partial charge in [-0.15, -0.1) is 0 Å². The first kappa shape index (κ1) is 33.0. The zero-order valence-corrected chi connectivity index (χ0v) is 28.0. The van der Waals surface area contributed by atoms with Crippen LogP contribution in [-0.2, 0) is 13.0 Å². The number of nitrogens with zero attached hydrogens (tertiary/aromatic N) is 6. The fraction of sp³-hybridized carbons (Fsp3) is 0.333. The number of phenolic OH excluding ortho intramolecular Hbond substituents is 1. The first-order valence-electron chi connectivity index (χ1n) is 17.5. The number of imidazole rings is 1. The fourth-order valence-electron chi connectivity index (χ4n) is 7.92. The molecule has 4 aromatic heterocycles. The maximum atomic E-state index is 14.6. The molecule has 0 radical (unpaired) electrons. The van der Waals surface area contributed by atoms with Gasteiger partial charge < -0.3 is 14.6 Å². The highest BCUT2D eigenvalue weighted by Crippen LogP contribution is 2.34. The van der Waals surface area contributed by atoms with Gasteiger partial charge in [0.05, 0.1) is 29.1 Å². The molecule has 0 unspecified atom stereocenters. The molecule has 6 aromatic rings. The van der Waals surface area contributed by atoms with Crippen LogP contribution in [0.1, 0.15) is 55.8 Å². The normalized spacial score (nSPS) is 19.7. The van der Waals surface area contributed by atoms with E-state index in [4.69, 9.17) is 0 Å². The number of halogens is 2. The summed E-state index contributed by atoms with van der Waals surface area (Å²) < 4.78 is 32.6. The molecule has 1 saturated carbocycles. The first-order chi connectivity index (χ1) is 24.7. The molecule has 5 heterocycles. The molecular formula is C39H38F2N6O4. The van der Waals surface area contributed by atoms with Crippen LogP contribution < -0.4 is 11.2 Å². The Morgan fingerprint density at radius 3 is 2.55 bits per heavy atom. The number of rotatable bonds is 8. The summed E-state index contributed by atoms with van der Waals surface area (Å²) in [6.07, 6.45) is 9.07. The summed E-state index contributed by atoms with van der Waals surface area (Å²) in [4.78, 5) is 39.3. The van der Waals surface area contributed by atoms with Crippen molar-refractivity contribution in [2.45, 2.75) is 63.6 Å². The SMILES string of the molecule is O=c1c2cc(F)cnc2n(-c2cccc(-c3ccc(O)cc3CN3CC[C@@H](O)C3)c2)c(=O)n1C1CCC(CCc2cn3cc(F)ccc3n2)CC1. The third kappa shape index (κ3) is 6.57. The summed E-state index contributed by atoms with van der Waals surface area (Å²) in [5.74, 6) is -0.475. The highest BCUT2D eigenvalue weighted by molar-refractivity contribution is 5.77. The van der Waals surface area contributed by atoms with Crippen molar-refractivity contribution in [2.24, 2.45) is 5.92 Å². The maximum absolute atomic E-state index is 14.6. The van der Waals surface area contributed by atoms with Gasteiger partial charge in [0.15, 0.2) is 5.65 Å². The van der Waals surface area contributed by atoms with Gasteiger partial charge in [0.25, 0.3) is 5.56 Å². The van der Waals surface area contributed by atoms with E-state index in [-0.39, 0.29) is 34.7 Å². The number of aliphatic hydroxyl groups excluding tert-OH is 1. The lowest BCUT2D eigenvalue weighted by Gasteiger charge is -2.30. The predicted octanol–water partition coefficient (Wildman–Crippen LogP) is 5.78. The van der Waals surface area contributed by atoms with E-state index >= 15 is 0 Å². The molecule has 262 valence electrons. The molecule has 10 nitrogen and oxygen atoms in total. The Morgan fingerprint density at radius 2 is 1.75 bits per heavy atom. The Kier molecular flexibility index (Phi) is 8.73. The molecule has 2 fully saturated rings. The molecule has 2 aromatic carbocycles. The lowest BCUT2D eigenvalue weighted by Crippen LogP contribution is -2.43. The number of β-amino-alcohol motifs (C(OH)–C–C–N with tert-alkyl or cyclic N) is 1. The third-order valence-electron chi connectivity index (χ3n) is 10.5. The number of aryl methyl sites for hydroxylation is 1. The summed E-state index contributed by atoms with van der Waals surface area (Å²) in [5.41, 5.74) is 3.59. The van der Waals surface area contributed by atoms with Gasteiger partial charge in [0.2, 0.25) is 0 Å². The highest BCUT2D eigenvalue weighted by atomic mass is 19.1. The number of aromatic nitrogens is 5. The van der Waals surface area contributed by atoms with E-state index in [2.05, 4.69) is 14.9 Å². The van der Waals surface area contributed by atoms with Crippen molar-refractivity contribution >= 4 is 16.7 Å². The van der Waals surface area contributed by atoms with Crippen LogP contribution in [0.5, 0.6) is 5.75 Å². The summed E-state index contributed by atoms with van der Waals surface area (Å²) in [7, 11) is 0. The Balaban J connectivity index is 1.09. The number of benzene rings is 2. The number of fused-ring (bicyclic) bond motifs is 2. The Labute approximate surface area is 291 Å². The van der Waals surface area contributed by atoms with E-state index < -0.39 is 17.1 Å². The van der Waals surface area contributed by atoms with Crippen LogP contribution in [0.25, 0.3) is 33.5 Å². The summed E-state index contributed by atoms with van der Waals surface area (Å²) in [6.45, 7) is 1.82. The minimum absolute atomic E-state index is 0.0309. The molecule has 1 aliphatic heterocycles. The summed E-state index contributed by atoms with van der Waals surface area (Å²) in [5, 5.41) is 20.4. The van der Waals surface area contributed by atoms with Gasteiger partial charge in [0, 0.05) is 38.1 Å². The number of aliphatic hydroxyl groups is 1. The molecule has 12 heteroatoms. The average molecular weight is 693 g/mol. The molecular weight excluding hydrogens is 654 g/mol. The van der Waals surface area contributed by atoms with E-state index in [1.54, 1.807) is 28.7 Å². The van der Waals surface area contributed by atoms with Crippen molar-refractivity contribution in [2.75, 3.05) is 13.1 Å². The topological polar surface area (TPSA) is 118 Å². The zero-order valence-electron chi connectivity index (χ0n) is 28.0. The van der Waals surface area contributed by atoms with Crippen LogP contribution in [0.4, 0.5) is 8.78 Å². The van der Waals surface area contributed by atoms with Crippen LogP contribution in [0.3, 0.4) is 0 Å². The fourth-order valence-corrected chi connectivity index (χ4v) is 7.92. The second kappa shape index (κ2) is 13.5. The second-order valence-electron chi connectivity index (χ2n) is 13.9. The molecule has 2 aliphatic rings. The van der Waals surface area contributed by atoms with Crippen molar-refractivity contribution < 1.29 is 19.0 Å². The molecule has 1 aliphatic carbocycles. The molecule has 0 amide bonds. The van der Waals surface area contributed by atoms with Gasteiger partial charge in [-0.3, -0.25) is 14.3 Å². The van der Waals surface area contributed by atoms with Crippen molar-refractivity contribution in [1.82, 2.24) is 28.4 Å². The van der Waals surface area contributed by atoms with Crippen LogP contribution in [0.15, 0.2) is 88.8 Å². The van der Waals surface area contributed by atoms with Crippen molar-refractivity contribution in [1.29, 1.82) is 0 Å². The van der Waals surface area contributed by atoms with Gasteiger partial charge in [-0.2, -0.15) is 0 Å². The zero-order chi connectivity index (χ0) is 35.2. The molecule has 51 heavy (non-hydrogen) atoms. The summed E-state index contributed by atoms with van der Waals surface area (Å²) in [6, 6.07) is 16.4. The lowest BCUT2D eigenvalue weighted by atomic mass is 9.83. The average Bonchev–Trinajstić information content (AvgIpc) is 3.73.